The number of hydrogen-bond donors (Lipinski definition) is 2. The SMILES string of the molecule is O=C(NCC1CC1)C1CCN(c2nccc(Nc3ccccc3Cl)n2)CC1. The van der Waals surface area contributed by atoms with Crippen LogP contribution in [0.5, 0.6) is 0 Å². The third-order valence-corrected chi connectivity index (χ3v) is 5.52. The maximum absolute atomic E-state index is 12.3. The third kappa shape index (κ3) is 4.69. The summed E-state index contributed by atoms with van der Waals surface area (Å²) in [5.74, 6) is 2.41. The van der Waals surface area contributed by atoms with Gasteiger partial charge in [-0.1, -0.05) is 23.7 Å². The first-order valence-corrected chi connectivity index (χ1v) is 9.94. The number of rotatable bonds is 6. The number of amides is 1. The fourth-order valence-electron chi connectivity index (χ4n) is 3.32. The Morgan fingerprint density at radius 3 is 2.67 bits per heavy atom. The highest BCUT2D eigenvalue weighted by Crippen LogP contribution is 2.28. The summed E-state index contributed by atoms with van der Waals surface area (Å²) < 4.78 is 0. The highest BCUT2D eigenvalue weighted by molar-refractivity contribution is 6.33. The van der Waals surface area contributed by atoms with Crippen LogP contribution in [0.4, 0.5) is 17.5 Å². The van der Waals surface area contributed by atoms with Gasteiger partial charge in [-0.2, -0.15) is 4.98 Å². The Morgan fingerprint density at radius 1 is 1.15 bits per heavy atom. The van der Waals surface area contributed by atoms with Crippen molar-refractivity contribution < 1.29 is 4.79 Å². The van der Waals surface area contributed by atoms with Crippen LogP contribution in [0, 0.1) is 11.8 Å². The number of carbonyl (C=O) groups is 1. The number of carbonyl (C=O) groups excluding carboxylic acids is 1. The van der Waals surface area contributed by atoms with Crippen LogP contribution >= 0.6 is 11.6 Å². The third-order valence-electron chi connectivity index (χ3n) is 5.19. The van der Waals surface area contributed by atoms with E-state index >= 15 is 0 Å². The minimum absolute atomic E-state index is 0.101. The smallest absolute Gasteiger partial charge is 0.227 e. The number of halogens is 1. The van der Waals surface area contributed by atoms with E-state index < -0.39 is 0 Å². The summed E-state index contributed by atoms with van der Waals surface area (Å²) in [6.07, 6.45) is 5.93. The van der Waals surface area contributed by atoms with E-state index in [0.717, 1.165) is 44.1 Å². The van der Waals surface area contributed by atoms with Gasteiger partial charge in [-0.3, -0.25) is 4.79 Å². The second-order valence-electron chi connectivity index (χ2n) is 7.30. The zero-order chi connectivity index (χ0) is 18.6. The van der Waals surface area contributed by atoms with E-state index in [9.17, 15) is 4.79 Å². The van der Waals surface area contributed by atoms with Gasteiger partial charge in [0, 0.05) is 31.7 Å². The summed E-state index contributed by atoms with van der Waals surface area (Å²) in [5.41, 5.74) is 0.815. The minimum Gasteiger partial charge on any atom is -0.356 e. The van der Waals surface area contributed by atoms with E-state index in [1.54, 1.807) is 6.20 Å². The molecule has 0 unspecified atom stereocenters. The predicted octanol–water partition coefficient (Wildman–Crippen LogP) is 3.62. The van der Waals surface area contributed by atoms with Crippen LogP contribution < -0.4 is 15.5 Å². The number of aromatic nitrogens is 2. The highest BCUT2D eigenvalue weighted by Gasteiger charge is 2.28. The molecule has 1 amide bonds. The highest BCUT2D eigenvalue weighted by atomic mass is 35.5. The lowest BCUT2D eigenvalue weighted by atomic mass is 9.96. The predicted molar refractivity (Wildman–Crippen MR) is 107 cm³/mol. The molecular formula is C20H24ClN5O. The lowest BCUT2D eigenvalue weighted by Gasteiger charge is -2.31. The lowest BCUT2D eigenvalue weighted by molar-refractivity contribution is -0.125. The molecule has 2 aromatic rings. The van der Waals surface area contributed by atoms with Gasteiger partial charge in [0.05, 0.1) is 10.7 Å². The summed E-state index contributed by atoms with van der Waals surface area (Å²) in [6.45, 7) is 2.42. The molecule has 0 bridgehead atoms. The van der Waals surface area contributed by atoms with Crippen LogP contribution in [0.15, 0.2) is 36.5 Å². The average Bonchev–Trinajstić information content (AvgIpc) is 3.53. The first kappa shape index (κ1) is 18.0. The van der Waals surface area contributed by atoms with Gasteiger partial charge >= 0.3 is 0 Å². The van der Waals surface area contributed by atoms with Crippen molar-refractivity contribution in [2.24, 2.45) is 11.8 Å². The Bertz CT molecular complexity index is 802. The molecule has 7 heteroatoms. The molecule has 142 valence electrons. The molecule has 6 nitrogen and oxygen atoms in total. The van der Waals surface area contributed by atoms with Gasteiger partial charge in [0.1, 0.15) is 5.82 Å². The molecule has 2 N–H and O–H groups in total. The molecular weight excluding hydrogens is 362 g/mol. The van der Waals surface area contributed by atoms with E-state index in [1.807, 2.05) is 30.3 Å². The zero-order valence-electron chi connectivity index (χ0n) is 15.2. The van der Waals surface area contributed by atoms with Crippen LogP contribution in [0.2, 0.25) is 5.02 Å². The van der Waals surface area contributed by atoms with Crippen molar-refractivity contribution in [1.82, 2.24) is 15.3 Å². The molecule has 1 aromatic carbocycles. The zero-order valence-corrected chi connectivity index (χ0v) is 16.0. The molecule has 0 spiro atoms. The molecule has 2 aliphatic rings. The van der Waals surface area contributed by atoms with Crippen molar-refractivity contribution in [2.45, 2.75) is 25.7 Å². The van der Waals surface area contributed by atoms with Crippen LogP contribution in [0.3, 0.4) is 0 Å². The van der Waals surface area contributed by atoms with E-state index in [4.69, 9.17) is 11.6 Å². The Kier molecular flexibility index (Phi) is 5.43. The maximum atomic E-state index is 12.3. The van der Waals surface area contributed by atoms with Gasteiger partial charge in [-0.25, -0.2) is 4.98 Å². The van der Waals surface area contributed by atoms with Gasteiger partial charge in [0.15, 0.2) is 0 Å². The standard InChI is InChI=1S/C20H24ClN5O/c21-16-3-1-2-4-17(16)24-18-7-10-22-20(25-18)26-11-8-15(9-12-26)19(27)23-13-14-5-6-14/h1-4,7,10,14-15H,5-6,8-9,11-13H2,(H,23,27)(H,22,24,25). The first-order valence-electron chi connectivity index (χ1n) is 9.56. The molecule has 27 heavy (non-hydrogen) atoms. The van der Waals surface area contributed by atoms with Crippen molar-refractivity contribution in [1.29, 1.82) is 0 Å². The van der Waals surface area contributed by atoms with Crippen molar-refractivity contribution >= 4 is 35.0 Å². The Balaban J connectivity index is 1.34. The molecule has 0 radical (unpaired) electrons. The summed E-state index contributed by atoms with van der Waals surface area (Å²) in [6, 6.07) is 9.39. The summed E-state index contributed by atoms with van der Waals surface area (Å²) in [7, 11) is 0. The van der Waals surface area contributed by atoms with Crippen molar-refractivity contribution in [3.05, 3.63) is 41.6 Å². The maximum Gasteiger partial charge on any atom is 0.227 e. The van der Waals surface area contributed by atoms with Crippen LogP contribution in [0.25, 0.3) is 0 Å². The van der Waals surface area contributed by atoms with Crippen LogP contribution in [-0.4, -0.2) is 35.5 Å². The number of nitrogens with one attached hydrogen (secondary N) is 2. The number of piperidine rings is 1. The fourth-order valence-corrected chi connectivity index (χ4v) is 3.51. The molecule has 1 saturated carbocycles. The van der Waals surface area contributed by atoms with Gasteiger partial charge < -0.3 is 15.5 Å². The summed E-state index contributed by atoms with van der Waals surface area (Å²) >= 11 is 6.20. The Labute approximate surface area is 164 Å². The number of benzene rings is 1. The number of para-hydroxylation sites is 1. The largest absolute Gasteiger partial charge is 0.356 e. The van der Waals surface area contributed by atoms with Gasteiger partial charge in [-0.05, 0) is 49.8 Å². The monoisotopic (exact) mass is 385 g/mol. The van der Waals surface area contributed by atoms with E-state index in [1.165, 1.54) is 12.8 Å². The first-order chi connectivity index (χ1) is 13.2. The van der Waals surface area contributed by atoms with E-state index in [-0.39, 0.29) is 11.8 Å². The molecule has 1 aliphatic carbocycles. The van der Waals surface area contributed by atoms with Gasteiger partial charge in [-0.15, -0.1) is 0 Å². The van der Waals surface area contributed by atoms with Gasteiger partial charge in [0.2, 0.25) is 11.9 Å². The molecule has 2 fully saturated rings. The van der Waals surface area contributed by atoms with Gasteiger partial charge in [0.25, 0.3) is 0 Å². The second-order valence-corrected chi connectivity index (χ2v) is 7.70. The topological polar surface area (TPSA) is 70.2 Å². The number of hydrogen-bond acceptors (Lipinski definition) is 5. The van der Waals surface area contributed by atoms with Crippen LogP contribution in [0.1, 0.15) is 25.7 Å². The van der Waals surface area contributed by atoms with E-state index in [0.29, 0.717) is 16.8 Å². The molecule has 1 aliphatic heterocycles. The normalized spacial score (nSPS) is 17.6. The summed E-state index contributed by atoms with van der Waals surface area (Å²) in [5, 5.41) is 6.99. The lowest BCUT2D eigenvalue weighted by Crippen LogP contribution is -2.41. The van der Waals surface area contributed by atoms with Crippen LogP contribution in [-0.2, 0) is 4.79 Å². The Morgan fingerprint density at radius 2 is 1.93 bits per heavy atom. The fraction of sp³-hybridized carbons (Fsp3) is 0.450. The van der Waals surface area contributed by atoms with Crippen molar-refractivity contribution in [2.75, 3.05) is 29.9 Å². The molecule has 1 aromatic heterocycles. The van der Waals surface area contributed by atoms with E-state index in [2.05, 4.69) is 25.5 Å². The number of nitrogens with zero attached hydrogens (tertiary/aromatic N) is 3. The summed E-state index contributed by atoms with van der Waals surface area (Å²) in [4.78, 5) is 23.4. The average molecular weight is 386 g/mol. The molecule has 0 atom stereocenters. The molecule has 4 rings (SSSR count). The molecule has 2 heterocycles. The number of anilines is 3. The van der Waals surface area contributed by atoms with Crippen molar-refractivity contribution in [3.8, 4) is 0 Å². The minimum atomic E-state index is 0.101. The Hall–Kier alpha value is -2.34. The van der Waals surface area contributed by atoms with Crippen molar-refractivity contribution in [3.63, 3.8) is 0 Å². The molecule has 1 saturated heterocycles. The quantitative estimate of drug-likeness (QED) is 0.794. The second kappa shape index (κ2) is 8.13.